The number of rotatable bonds is 9. The van der Waals surface area contributed by atoms with Crippen LogP contribution >= 0.6 is 11.3 Å². The van der Waals surface area contributed by atoms with E-state index in [1.54, 1.807) is 36.1 Å². The molecule has 6 nitrogen and oxygen atoms in total. The maximum absolute atomic E-state index is 14.0. The molecule has 0 spiro atoms. The van der Waals surface area contributed by atoms with Gasteiger partial charge in [-0.3, -0.25) is 14.0 Å². The Morgan fingerprint density at radius 1 is 0.850 bits per heavy atom. The number of anilines is 2. The zero-order valence-electron chi connectivity index (χ0n) is 22.7. The van der Waals surface area contributed by atoms with Gasteiger partial charge in [-0.1, -0.05) is 85.8 Å². The molecule has 0 N–H and O–H groups in total. The summed E-state index contributed by atoms with van der Waals surface area (Å²) in [4.78, 5) is 20.7. The van der Waals surface area contributed by atoms with Crippen molar-refractivity contribution in [3.8, 4) is 0 Å². The number of nitrogens with zero attached hydrogens (tertiary/aromatic N) is 3. The summed E-state index contributed by atoms with van der Waals surface area (Å²) in [5.74, 6) is 0.0540. The Hall–Kier alpha value is -4.01. The molecule has 0 saturated heterocycles. The van der Waals surface area contributed by atoms with E-state index in [1.165, 1.54) is 27.8 Å². The maximum Gasteiger partial charge on any atom is 0.264 e. The molecule has 40 heavy (non-hydrogen) atoms. The molecule has 0 fully saturated rings. The summed E-state index contributed by atoms with van der Waals surface area (Å²) in [6.07, 6.45) is 0. The number of fused-ring (bicyclic) bond motifs is 1. The second-order valence-corrected chi connectivity index (χ2v) is 12.6. The van der Waals surface area contributed by atoms with Gasteiger partial charge in [-0.25, -0.2) is 13.4 Å². The van der Waals surface area contributed by atoms with Crippen LogP contribution in [0.2, 0.25) is 0 Å². The fraction of sp³-hybridized carbons (Fsp3) is 0.188. The van der Waals surface area contributed by atoms with Gasteiger partial charge in [0.1, 0.15) is 0 Å². The van der Waals surface area contributed by atoms with Gasteiger partial charge in [0.2, 0.25) is 0 Å². The van der Waals surface area contributed by atoms with Gasteiger partial charge in [0, 0.05) is 12.1 Å². The fourth-order valence-corrected chi connectivity index (χ4v) is 7.14. The van der Waals surface area contributed by atoms with Crippen molar-refractivity contribution in [1.29, 1.82) is 0 Å². The van der Waals surface area contributed by atoms with Crippen LogP contribution in [0.3, 0.4) is 0 Å². The van der Waals surface area contributed by atoms with Gasteiger partial charge in [-0.2, -0.15) is 0 Å². The van der Waals surface area contributed by atoms with Gasteiger partial charge in [-0.15, -0.1) is 0 Å². The van der Waals surface area contributed by atoms with Crippen LogP contribution in [0.1, 0.15) is 48.2 Å². The Morgan fingerprint density at radius 3 is 2.12 bits per heavy atom. The first-order valence-corrected chi connectivity index (χ1v) is 15.5. The molecule has 0 aliphatic rings. The number of carbonyl (C=O) groups is 1. The first kappa shape index (κ1) is 27.6. The third-order valence-corrected chi connectivity index (χ3v) is 9.70. The van der Waals surface area contributed by atoms with E-state index in [9.17, 15) is 13.2 Å². The summed E-state index contributed by atoms with van der Waals surface area (Å²) in [5.41, 5.74) is 4.00. The highest BCUT2D eigenvalue weighted by molar-refractivity contribution is 7.92. The number of benzene rings is 4. The number of hydrogen-bond acceptors (Lipinski definition) is 5. The third kappa shape index (κ3) is 5.50. The van der Waals surface area contributed by atoms with Crippen LogP contribution in [0.5, 0.6) is 0 Å². The first-order chi connectivity index (χ1) is 19.3. The minimum Gasteiger partial charge on any atom is -0.279 e. The normalized spacial score (nSPS) is 11.6. The van der Waals surface area contributed by atoms with Gasteiger partial charge in [0.05, 0.1) is 27.3 Å². The average Bonchev–Trinajstić information content (AvgIpc) is 3.41. The van der Waals surface area contributed by atoms with Gasteiger partial charge in [0.25, 0.3) is 15.9 Å². The second kappa shape index (κ2) is 11.6. The predicted octanol–water partition coefficient (Wildman–Crippen LogP) is 7.48. The molecule has 5 aromatic rings. The van der Waals surface area contributed by atoms with Gasteiger partial charge in [0.15, 0.2) is 5.13 Å². The molecule has 1 aromatic heterocycles. The summed E-state index contributed by atoms with van der Waals surface area (Å²) in [5, 5.41) is 0.606. The van der Waals surface area contributed by atoms with Crippen LogP contribution in [0, 0.1) is 0 Å². The van der Waals surface area contributed by atoms with E-state index in [1.807, 2.05) is 60.7 Å². The Balaban J connectivity index is 1.50. The predicted molar refractivity (Wildman–Crippen MR) is 164 cm³/mol. The number of amides is 1. The lowest BCUT2D eigenvalue weighted by Crippen LogP contribution is -2.31. The van der Waals surface area contributed by atoms with E-state index < -0.39 is 10.0 Å². The topological polar surface area (TPSA) is 70.6 Å². The first-order valence-electron chi connectivity index (χ1n) is 13.2. The fourth-order valence-electron chi connectivity index (χ4n) is 4.67. The molecule has 4 aromatic carbocycles. The second-order valence-electron chi connectivity index (χ2n) is 9.75. The molecule has 0 aliphatic carbocycles. The highest BCUT2D eigenvalue weighted by atomic mass is 32.2. The number of hydrogen-bond donors (Lipinski definition) is 0. The molecule has 1 amide bonds. The minimum absolute atomic E-state index is 0.130. The van der Waals surface area contributed by atoms with E-state index in [0.717, 1.165) is 21.3 Å². The zero-order valence-corrected chi connectivity index (χ0v) is 24.3. The summed E-state index contributed by atoms with van der Waals surface area (Å²) >= 11 is 1.48. The van der Waals surface area contributed by atoms with E-state index in [-0.39, 0.29) is 17.3 Å². The van der Waals surface area contributed by atoms with Crippen molar-refractivity contribution in [2.75, 3.05) is 15.7 Å². The highest BCUT2D eigenvalue weighted by Gasteiger charge is 2.26. The summed E-state index contributed by atoms with van der Waals surface area (Å²) in [7, 11) is -3.80. The van der Waals surface area contributed by atoms with Crippen molar-refractivity contribution in [1.82, 2.24) is 4.98 Å². The van der Waals surface area contributed by atoms with Crippen LogP contribution < -0.4 is 9.21 Å². The summed E-state index contributed by atoms with van der Waals surface area (Å²) < 4.78 is 29.3. The van der Waals surface area contributed by atoms with Gasteiger partial charge < -0.3 is 0 Å². The quantitative estimate of drug-likeness (QED) is 0.184. The lowest BCUT2D eigenvalue weighted by Gasteiger charge is -2.23. The Kier molecular flexibility index (Phi) is 8.00. The molecule has 0 unspecified atom stereocenters. The van der Waals surface area contributed by atoms with Crippen LogP contribution in [-0.2, 0) is 16.6 Å². The van der Waals surface area contributed by atoms with E-state index >= 15 is 0 Å². The van der Waals surface area contributed by atoms with Crippen molar-refractivity contribution < 1.29 is 13.2 Å². The monoisotopic (exact) mass is 569 g/mol. The minimum atomic E-state index is -3.80. The van der Waals surface area contributed by atoms with E-state index in [2.05, 4.69) is 19.9 Å². The lowest BCUT2D eigenvalue weighted by atomic mass is 10.0. The molecule has 5 rings (SSSR count). The third-order valence-electron chi connectivity index (χ3n) is 6.74. The summed E-state index contributed by atoms with van der Waals surface area (Å²) in [6, 6.07) is 31.1. The van der Waals surface area contributed by atoms with Crippen molar-refractivity contribution in [3.63, 3.8) is 0 Å². The molecule has 0 bridgehead atoms. The molecule has 8 heteroatoms. The number of aromatic nitrogens is 1. The smallest absolute Gasteiger partial charge is 0.264 e. The summed E-state index contributed by atoms with van der Waals surface area (Å²) in [6.45, 7) is 6.69. The number of sulfonamides is 1. The SMILES string of the molecule is CCN(c1ccccc1)S(=O)(=O)c1ccc(C(=O)N(Cc2ccccc2)c2nc3c(C(C)C)cccc3s2)cc1. The zero-order chi connectivity index (χ0) is 28.3. The molecule has 0 atom stereocenters. The molecule has 204 valence electrons. The Bertz CT molecular complexity index is 1720. The molecule has 0 saturated carbocycles. The van der Waals surface area contributed by atoms with Crippen LogP contribution in [-0.4, -0.2) is 25.9 Å². The van der Waals surface area contributed by atoms with Crippen LogP contribution in [0.15, 0.2) is 108 Å². The Morgan fingerprint density at radius 2 is 1.50 bits per heavy atom. The Labute approximate surface area is 239 Å². The van der Waals surface area contributed by atoms with Crippen LogP contribution in [0.4, 0.5) is 10.8 Å². The number of carbonyl (C=O) groups excluding carboxylic acids is 1. The van der Waals surface area contributed by atoms with Gasteiger partial charge >= 0.3 is 0 Å². The standard InChI is InChI=1S/C32H31N3O3S2/c1-4-35(26-14-9-6-10-15-26)40(37,38)27-20-18-25(19-21-27)31(36)34(22-24-12-7-5-8-13-24)32-33-30-28(23(2)3)16-11-17-29(30)39-32/h5-21,23H,4,22H2,1-3H3. The number of para-hydroxylation sites is 2. The van der Waals surface area contributed by atoms with Crippen molar-refractivity contribution >= 4 is 48.3 Å². The molecule has 0 radical (unpaired) electrons. The highest BCUT2D eigenvalue weighted by Crippen LogP contribution is 2.35. The largest absolute Gasteiger partial charge is 0.279 e. The number of thiazole rings is 1. The van der Waals surface area contributed by atoms with E-state index in [0.29, 0.717) is 28.8 Å². The molecule has 0 aliphatic heterocycles. The molecule has 1 heterocycles. The lowest BCUT2D eigenvalue weighted by molar-refractivity contribution is 0.0985. The molecular formula is C32H31N3O3S2. The van der Waals surface area contributed by atoms with Crippen molar-refractivity contribution in [3.05, 3.63) is 120 Å². The average molecular weight is 570 g/mol. The van der Waals surface area contributed by atoms with Crippen molar-refractivity contribution in [2.24, 2.45) is 0 Å². The maximum atomic E-state index is 14.0. The van der Waals surface area contributed by atoms with Crippen molar-refractivity contribution in [2.45, 2.75) is 38.1 Å². The van der Waals surface area contributed by atoms with Crippen LogP contribution in [0.25, 0.3) is 10.2 Å². The molecular weight excluding hydrogens is 539 g/mol. The van der Waals surface area contributed by atoms with Gasteiger partial charge in [-0.05, 0) is 66.4 Å². The van der Waals surface area contributed by atoms with E-state index in [4.69, 9.17) is 4.98 Å².